The molecule has 0 aliphatic heterocycles. The molecule has 9 heteroatoms. The molecule has 0 aliphatic rings. The summed E-state index contributed by atoms with van der Waals surface area (Å²) in [5.74, 6) is -2.38. The number of aromatic hydroxyl groups is 4. The van der Waals surface area contributed by atoms with E-state index in [0.29, 0.717) is 23.2 Å². The minimum Gasteiger partial charge on any atom is -0.507 e. The van der Waals surface area contributed by atoms with Gasteiger partial charge in [-0.25, -0.2) is 0 Å². The molecule has 33 heavy (non-hydrogen) atoms. The Morgan fingerprint density at radius 3 is 2.33 bits per heavy atom. The molecule has 0 bridgehead atoms. The highest BCUT2D eigenvalue weighted by molar-refractivity contribution is 6.32. The molecule has 4 N–H and O–H groups in total. The van der Waals surface area contributed by atoms with E-state index in [1.54, 1.807) is 13.0 Å². The fourth-order valence-electron chi connectivity index (χ4n) is 3.72. The summed E-state index contributed by atoms with van der Waals surface area (Å²) in [6, 6.07) is 10.2. The van der Waals surface area contributed by atoms with Crippen molar-refractivity contribution in [3.05, 3.63) is 80.2 Å². The molecule has 1 heterocycles. The summed E-state index contributed by atoms with van der Waals surface area (Å²) in [6.45, 7) is 1.90. The fraction of sp³-hybridized carbons (Fsp3) is 0.250. The SMILES string of the molecule is COC(=O)CC(c1ccc(O)c(Cl)c1)c1c(O)cc(C)n(CCc2ccc(O)c(O)c2)c1=O. The Hall–Kier alpha value is -3.65. The second-order valence-corrected chi connectivity index (χ2v) is 8.07. The third-order valence-electron chi connectivity index (χ3n) is 5.51. The van der Waals surface area contributed by atoms with Crippen molar-refractivity contribution in [1.82, 2.24) is 4.57 Å². The van der Waals surface area contributed by atoms with Gasteiger partial charge in [-0.1, -0.05) is 23.7 Å². The van der Waals surface area contributed by atoms with Crippen molar-refractivity contribution < 1.29 is 30.0 Å². The van der Waals surface area contributed by atoms with Crippen molar-refractivity contribution in [1.29, 1.82) is 0 Å². The number of aromatic nitrogens is 1. The number of pyridine rings is 1. The molecule has 8 nitrogen and oxygen atoms in total. The maximum absolute atomic E-state index is 13.5. The van der Waals surface area contributed by atoms with Gasteiger partial charge in [0.1, 0.15) is 11.5 Å². The molecule has 0 radical (unpaired) electrons. The summed E-state index contributed by atoms with van der Waals surface area (Å²) in [4.78, 5) is 25.6. The molecule has 1 atom stereocenters. The van der Waals surface area contributed by atoms with Crippen LogP contribution in [0.15, 0.2) is 47.3 Å². The van der Waals surface area contributed by atoms with E-state index >= 15 is 0 Å². The van der Waals surface area contributed by atoms with Gasteiger partial charge in [-0.05, 0) is 54.8 Å². The van der Waals surface area contributed by atoms with Crippen LogP contribution in [0.4, 0.5) is 0 Å². The molecule has 174 valence electrons. The Morgan fingerprint density at radius 2 is 1.70 bits per heavy atom. The van der Waals surface area contributed by atoms with Crippen molar-refractivity contribution >= 4 is 17.6 Å². The van der Waals surface area contributed by atoms with Crippen LogP contribution in [0, 0.1) is 6.92 Å². The average Bonchev–Trinajstić information content (AvgIpc) is 2.76. The number of aryl methyl sites for hydroxylation is 2. The monoisotopic (exact) mass is 473 g/mol. The van der Waals surface area contributed by atoms with Crippen molar-refractivity contribution in [3.8, 4) is 23.0 Å². The van der Waals surface area contributed by atoms with Gasteiger partial charge >= 0.3 is 5.97 Å². The van der Waals surface area contributed by atoms with Crippen LogP contribution in [-0.2, 0) is 22.5 Å². The van der Waals surface area contributed by atoms with Crippen molar-refractivity contribution in [2.75, 3.05) is 7.11 Å². The highest BCUT2D eigenvalue weighted by Crippen LogP contribution is 2.36. The Morgan fingerprint density at radius 1 is 1.00 bits per heavy atom. The van der Waals surface area contributed by atoms with E-state index in [4.69, 9.17) is 16.3 Å². The molecular weight excluding hydrogens is 450 g/mol. The molecular formula is C24H24ClNO7. The summed E-state index contributed by atoms with van der Waals surface area (Å²) in [7, 11) is 1.23. The zero-order chi connectivity index (χ0) is 24.3. The zero-order valence-corrected chi connectivity index (χ0v) is 18.8. The number of phenols is 3. The number of halogens is 1. The number of nitrogens with zero attached hydrogens (tertiary/aromatic N) is 1. The lowest BCUT2D eigenvalue weighted by atomic mass is 9.88. The lowest BCUT2D eigenvalue weighted by Gasteiger charge is -2.21. The lowest BCUT2D eigenvalue weighted by Crippen LogP contribution is -2.29. The minimum atomic E-state index is -0.868. The summed E-state index contributed by atoms with van der Waals surface area (Å²) in [5.41, 5.74) is 1.16. The van der Waals surface area contributed by atoms with Crippen LogP contribution in [0.2, 0.25) is 5.02 Å². The van der Waals surface area contributed by atoms with Gasteiger partial charge in [-0.3, -0.25) is 9.59 Å². The van der Waals surface area contributed by atoms with Crippen molar-refractivity contribution in [2.24, 2.45) is 0 Å². The van der Waals surface area contributed by atoms with E-state index < -0.39 is 17.4 Å². The van der Waals surface area contributed by atoms with Gasteiger partial charge in [0, 0.05) is 18.2 Å². The first-order valence-electron chi connectivity index (χ1n) is 10.1. The molecule has 1 aromatic heterocycles. The number of ether oxygens (including phenoxy) is 1. The molecule has 0 saturated carbocycles. The van der Waals surface area contributed by atoms with Crippen molar-refractivity contribution in [2.45, 2.75) is 32.2 Å². The van der Waals surface area contributed by atoms with Crippen LogP contribution in [-0.4, -0.2) is 38.1 Å². The van der Waals surface area contributed by atoms with Crippen LogP contribution >= 0.6 is 11.6 Å². The maximum Gasteiger partial charge on any atom is 0.306 e. The number of carbonyl (C=O) groups is 1. The number of hydrogen-bond acceptors (Lipinski definition) is 7. The number of esters is 1. The Balaban J connectivity index is 2.06. The van der Waals surface area contributed by atoms with E-state index in [1.165, 1.54) is 48.1 Å². The summed E-state index contributed by atoms with van der Waals surface area (Å²) in [5, 5.41) is 39.7. The molecule has 0 fully saturated rings. The van der Waals surface area contributed by atoms with E-state index in [1.807, 2.05) is 0 Å². The highest BCUT2D eigenvalue weighted by atomic mass is 35.5. The normalized spacial score (nSPS) is 11.8. The zero-order valence-electron chi connectivity index (χ0n) is 18.1. The first kappa shape index (κ1) is 24.0. The van der Waals surface area contributed by atoms with Crippen LogP contribution in [0.5, 0.6) is 23.0 Å². The quantitative estimate of drug-likeness (QED) is 0.305. The van der Waals surface area contributed by atoms with Gasteiger partial charge in [-0.15, -0.1) is 0 Å². The summed E-state index contributed by atoms with van der Waals surface area (Å²) in [6.07, 6.45) is 0.140. The second kappa shape index (κ2) is 9.87. The van der Waals surface area contributed by atoms with E-state index in [9.17, 15) is 30.0 Å². The third kappa shape index (κ3) is 5.23. The molecule has 3 rings (SSSR count). The Kier molecular flexibility index (Phi) is 7.18. The fourth-order valence-corrected chi connectivity index (χ4v) is 3.90. The molecule has 0 aliphatic carbocycles. The number of benzene rings is 2. The molecule has 0 saturated heterocycles. The molecule has 0 spiro atoms. The van der Waals surface area contributed by atoms with Crippen LogP contribution in [0.3, 0.4) is 0 Å². The maximum atomic E-state index is 13.5. The summed E-state index contributed by atoms with van der Waals surface area (Å²) >= 11 is 6.04. The van der Waals surface area contributed by atoms with E-state index in [0.717, 1.165) is 0 Å². The Bertz CT molecular complexity index is 1250. The first-order chi connectivity index (χ1) is 15.6. The van der Waals surface area contributed by atoms with Crippen LogP contribution < -0.4 is 5.56 Å². The van der Waals surface area contributed by atoms with Crippen LogP contribution in [0.1, 0.15) is 34.7 Å². The first-order valence-corrected chi connectivity index (χ1v) is 10.5. The van der Waals surface area contributed by atoms with Crippen molar-refractivity contribution in [3.63, 3.8) is 0 Å². The average molecular weight is 474 g/mol. The van der Waals surface area contributed by atoms with Gasteiger partial charge in [0.15, 0.2) is 11.5 Å². The number of methoxy groups -OCH3 is 1. The standard InChI is InChI=1S/C24H24ClNO7/c1-13-9-21(30)23(16(12-22(31)33-2)15-4-6-18(27)17(25)11-15)24(32)26(13)8-7-14-3-5-19(28)20(29)10-14/h3-6,9-11,16,27-30H,7-8,12H2,1-2H3. The van der Waals surface area contributed by atoms with E-state index in [2.05, 4.69) is 0 Å². The molecule has 0 amide bonds. The van der Waals surface area contributed by atoms with Gasteiger partial charge < -0.3 is 29.7 Å². The second-order valence-electron chi connectivity index (χ2n) is 7.66. The molecule has 3 aromatic rings. The van der Waals surface area contributed by atoms with Gasteiger partial charge in [0.2, 0.25) is 0 Å². The lowest BCUT2D eigenvalue weighted by molar-refractivity contribution is -0.140. The predicted octanol–water partition coefficient (Wildman–Crippen LogP) is 3.57. The van der Waals surface area contributed by atoms with Crippen LogP contribution in [0.25, 0.3) is 0 Å². The number of rotatable bonds is 7. The number of carbonyl (C=O) groups excluding carboxylic acids is 1. The predicted molar refractivity (Wildman–Crippen MR) is 122 cm³/mol. The molecule has 2 aromatic carbocycles. The largest absolute Gasteiger partial charge is 0.507 e. The number of phenolic OH excluding ortho intramolecular Hbond substituents is 3. The number of hydrogen-bond donors (Lipinski definition) is 4. The summed E-state index contributed by atoms with van der Waals surface area (Å²) < 4.78 is 6.25. The molecule has 1 unspecified atom stereocenters. The van der Waals surface area contributed by atoms with Gasteiger partial charge in [0.25, 0.3) is 5.56 Å². The third-order valence-corrected chi connectivity index (χ3v) is 5.81. The van der Waals surface area contributed by atoms with Gasteiger partial charge in [-0.2, -0.15) is 0 Å². The smallest absolute Gasteiger partial charge is 0.306 e. The topological polar surface area (TPSA) is 129 Å². The minimum absolute atomic E-state index is 0.00121. The van der Waals surface area contributed by atoms with Gasteiger partial charge in [0.05, 0.1) is 24.1 Å². The van der Waals surface area contributed by atoms with E-state index in [-0.39, 0.29) is 46.5 Å². The highest BCUT2D eigenvalue weighted by Gasteiger charge is 2.27. The Labute approximate surface area is 194 Å².